The first-order valence-corrected chi connectivity index (χ1v) is 9.04. The maximum Gasteiger partial charge on any atom is 0.225 e. The van der Waals surface area contributed by atoms with E-state index in [1.807, 2.05) is 18.7 Å². The minimum atomic E-state index is -0.219. The van der Waals surface area contributed by atoms with Crippen LogP contribution in [-0.4, -0.2) is 41.4 Å². The maximum atomic E-state index is 12.2. The second kappa shape index (κ2) is 12.6. The van der Waals surface area contributed by atoms with Gasteiger partial charge < -0.3 is 14.8 Å². The van der Waals surface area contributed by atoms with Gasteiger partial charge in [-0.1, -0.05) is 34.1 Å². The topological polar surface area (TPSA) is 57.6 Å². The lowest BCUT2D eigenvalue weighted by atomic mass is 9.86. The molecule has 0 bridgehead atoms. The van der Waals surface area contributed by atoms with Crippen molar-refractivity contribution in [3.63, 3.8) is 0 Å². The van der Waals surface area contributed by atoms with Crippen molar-refractivity contribution in [2.24, 2.45) is 11.8 Å². The molecule has 1 heterocycles. The van der Waals surface area contributed by atoms with Crippen LogP contribution in [0.1, 0.15) is 72.6 Å². The van der Waals surface area contributed by atoms with Crippen molar-refractivity contribution in [1.82, 2.24) is 4.90 Å². The molecule has 0 aromatic rings. The largest absolute Gasteiger partial charge is 0.393 e. The van der Waals surface area contributed by atoms with Gasteiger partial charge in [-0.05, 0) is 38.5 Å². The summed E-state index contributed by atoms with van der Waals surface area (Å²) in [6, 6.07) is 0. The van der Waals surface area contributed by atoms with Crippen LogP contribution < -0.4 is 0 Å². The van der Waals surface area contributed by atoms with Crippen LogP contribution in [0.2, 0.25) is 0 Å². The molecule has 1 saturated carbocycles. The number of aldehydes is 1. The van der Waals surface area contributed by atoms with Crippen LogP contribution in [0.4, 0.5) is 0 Å². The molecule has 4 heteroatoms. The summed E-state index contributed by atoms with van der Waals surface area (Å²) in [4.78, 5) is 24.9. The van der Waals surface area contributed by atoms with E-state index in [0.29, 0.717) is 6.54 Å². The lowest BCUT2D eigenvalue weighted by Gasteiger charge is -2.34. The van der Waals surface area contributed by atoms with Crippen LogP contribution in [0.25, 0.3) is 0 Å². The van der Waals surface area contributed by atoms with E-state index in [2.05, 4.69) is 13.8 Å². The van der Waals surface area contributed by atoms with E-state index >= 15 is 0 Å². The summed E-state index contributed by atoms with van der Waals surface area (Å²) in [5, 5.41) is 9.43. The van der Waals surface area contributed by atoms with Crippen LogP contribution in [0.5, 0.6) is 0 Å². The molecule has 1 atom stereocenters. The normalized spacial score (nSPS) is 27.7. The average Bonchev–Trinajstić information content (AvgIpc) is 2.57. The molecule has 2 aliphatic rings. The molecule has 1 unspecified atom stereocenters. The fraction of sp³-hybridized carbons (Fsp3) is 0.889. The Labute approximate surface area is 136 Å². The van der Waals surface area contributed by atoms with Crippen molar-refractivity contribution in [1.29, 1.82) is 0 Å². The van der Waals surface area contributed by atoms with Crippen LogP contribution in [0.15, 0.2) is 0 Å². The lowest BCUT2D eigenvalue weighted by molar-refractivity contribution is -0.139. The van der Waals surface area contributed by atoms with Gasteiger partial charge in [0, 0.05) is 24.9 Å². The number of piperidine rings is 1. The minimum absolute atomic E-state index is 0.0295. The summed E-state index contributed by atoms with van der Waals surface area (Å²) < 4.78 is 0. The molecule has 1 aliphatic carbocycles. The summed E-state index contributed by atoms with van der Waals surface area (Å²) in [5.74, 6) is 0.300. The molecule has 0 radical (unpaired) electrons. The van der Waals surface area contributed by atoms with Crippen molar-refractivity contribution in [2.45, 2.75) is 78.7 Å². The molecular formula is C18H35NO3. The van der Waals surface area contributed by atoms with Crippen molar-refractivity contribution < 1.29 is 14.7 Å². The highest BCUT2D eigenvalue weighted by Gasteiger charge is 2.31. The number of likely N-dealkylation sites (tertiary alicyclic amines) is 1. The number of amides is 1. The third-order valence-electron chi connectivity index (χ3n) is 4.01. The van der Waals surface area contributed by atoms with Gasteiger partial charge in [0.1, 0.15) is 6.29 Å². The third-order valence-corrected chi connectivity index (χ3v) is 4.01. The second-order valence-electron chi connectivity index (χ2n) is 6.04. The van der Waals surface area contributed by atoms with Crippen molar-refractivity contribution >= 4 is 12.2 Å². The number of hydrogen-bond donors (Lipinski definition) is 1. The summed E-state index contributed by atoms with van der Waals surface area (Å²) in [6.07, 6.45) is 6.92. The van der Waals surface area contributed by atoms with Crippen molar-refractivity contribution in [2.75, 3.05) is 13.1 Å². The summed E-state index contributed by atoms with van der Waals surface area (Å²) >= 11 is 0. The van der Waals surface area contributed by atoms with Crippen molar-refractivity contribution in [3.05, 3.63) is 0 Å². The minimum Gasteiger partial charge on any atom is -0.393 e. The summed E-state index contributed by atoms with van der Waals surface area (Å²) in [5.41, 5.74) is 0. The number of carbonyl (C=O) groups excluding carboxylic acids is 2. The van der Waals surface area contributed by atoms with Gasteiger partial charge in [0.05, 0.1) is 6.10 Å². The first-order chi connectivity index (χ1) is 10.6. The molecule has 22 heavy (non-hydrogen) atoms. The Bertz CT molecular complexity index is 299. The Kier molecular flexibility index (Phi) is 12.1. The molecule has 4 nitrogen and oxygen atoms in total. The monoisotopic (exact) mass is 313 g/mol. The first kappa shape index (κ1) is 21.1. The molecule has 1 N–H and O–H groups in total. The Morgan fingerprint density at radius 3 is 2.18 bits per heavy atom. The zero-order chi connectivity index (χ0) is 17.0. The van der Waals surface area contributed by atoms with Crippen LogP contribution in [0, 0.1) is 11.8 Å². The fourth-order valence-electron chi connectivity index (χ4n) is 2.90. The predicted octanol–water partition coefficient (Wildman–Crippen LogP) is 3.42. The molecule has 2 rings (SSSR count). The summed E-state index contributed by atoms with van der Waals surface area (Å²) in [6.45, 7) is 9.64. The zero-order valence-electron chi connectivity index (χ0n) is 14.9. The fourth-order valence-corrected chi connectivity index (χ4v) is 2.90. The third kappa shape index (κ3) is 7.39. The van der Waals surface area contributed by atoms with Crippen LogP contribution in [0.3, 0.4) is 0 Å². The van der Waals surface area contributed by atoms with E-state index in [4.69, 9.17) is 0 Å². The van der Waals surface area contributed by atoms with Gasteiger partial charge in [-0.3, -0.25) is 4.79 Å². The molecule has 0 aromatic heterocycles. The highest BCUT2D eigenvalue weighted by atomic mass is 16.3. The molecule has 1 amide bonds. The predicted molar refractivity (Wildman–Crippen MR) is 90.6 cm³/mol. The Hall–Kier alpha value is -0.900. The van der Waals surface area contributed by atoms with Crippen molar-refractivity contribution in [3.8, 4) is 0 Å². The smallest absolute Gasteiger partial charge is 0.225 e. The number of nitrogens with zero attached hydrogens (tertiary/aromatic N) is 1. The molecule has 1 saturated heterocycles. The Balaban J connectivity index is 0.000000789. The first-order valence-electron chi connectivity index (χ1n) is 9.04. The molecule has 130 valence electrons. The molecule has 1 aliphatic heterocycles. The van der Waals surface area contributed by atoms with E-state index in [1.165, 1.54) is 6.42 Å². The molecule has 0 aromatic carbocycles. The quantitative estimate of drug-likeness (QED) is 0.795. The summed E-state index contributed by atoms with van der Waals surface area (Å²) in [7, 11) is 0. The SMILES string of the molecule is CC.CCC.O=CC1CCCN(C(=O)C2CCC(O)CC2)C1. The maximum absolute atomic E-state index is 12.2. The Morgan fingerprint density at radius 2 is 1.68 bits per heavy atom. The van der Waals surface area contributed by atoms with Gasteiger partial charge in [-0.2, -0.15) is 0 Å². The van der Waals surface area contributed by atoms with E-state index in [9.17, 15) is 14.7 Å². The number of aliphatic hydroxyl groups excluding tert-OH is 1. The second-order valence-corrected chi connectivity index (χ2v) is 6.04. The zero-order valence-corrected chi connectivity index (χ0v) is 14.9. The van der Waals surface area contributed by atoms with Gasteiger partial charge in [0.15, 0.2) is 0 Å². The standard InChI is InChI=1S/C13H21NO3.C3H8.C2H6/c15-9-10-2-1-7-14(8-10)13(17)11-3-5-12(16)6-4-11;1-3-2;1-2/h9-12,16H,1-8H2;3H2,1-2H3;1-2H3. The highest BCUT2D eigenvalue weighted by molar-refractivity contribution is 5.79. The lowest BCUT2D eigenvalue weighted by Crippen LogP contribution is -2.44. The van der Waals surface area contributed by atoms with Gasteiger partial charge in [-0.15, -0.1) is 0 Å². The Morgan fingerprint density at radius 1 is 1.14 bits per heavy atom. The van der Waals surface area contributed by atoms with E-state index in [0.717, 1.165) is 51.4 Å². The number of carbonyl (C=O) groups is 2. The van der Waals surface area contributed by atoms with E-state index < -0.39 is 0 Å². The average molecular weight is 313 g/mol. The van der Waals surface area contributed by atoms with Gasteiger partial charge >= 0.3 is 0 Å². The molecular weight excluding hydrogens is 278 g/mol. The molecule has 0 spiro atoms. The van der Waals surface area contributed by atoms with Crippen LogP contribution >= 0.6 is 0 Å². The van der Waals surface area contributed by atoms with Crippen LogP contribution in [-0.2, 0) is 9.59 Å². The van der Waals surface area contributed by atoms with Gasteiger partial charge in [0.2, 0.25) is 5.91 Å². The number of hydrogen-bond acceptors (Lipinski definition) is 3. The van der Waals surface area contributed by atoms with E-state index in [1.54, 1.807) is 0 Å². The van der Waals surface area contributed by atoms with Gasteiger partial charge in [-0.25, -0.2) is 0 Å². The number of aliphatic hydroxyl groups is 1. The number of rotatable bonds is 2. The molecule has 2 fully saturated rings. The highest BCUT2D eigenvalue weighted by Crippen LogP contribution is 2.27. The van der Waals surface area contributed by atoms with Gasteiger partial charge in [0.25, 0.3) is 0 Å². The van der Waals surface area contributed by atoms with E-state index in [-0.39, 0.29) is 23.8 Å².